The lowest BCUT2D eigenvalue weighted by molar-refractivity contribution is -0.0513. The first kappa shape index (κ1) is 14.1. The predicted octanol–water partition coefficient (Wildman–Crippen LogP) is 2.19. The second kappa shape index (κ2) is 7.30. The molecule has 0 spiro atoms. The number of terminal acetylenes is 1. The Bertz CT molecular complexity index is 415. The molecule has 2 rings (SSSR count). The molecule has 0 unspecified atom stereocenters. The van der Waals surface area contributed by atoms with Crippen molar-refractivity contribution in [3.8, 4) is 12.3 Å². The zero-order valence-electron chi connectivity index (χ0n) is 11.5. The summed E-state index contributed by atoms with van der Waals surface area (Å²) in [5.74, 6) is 2.72. The second-order valence-corrected chi connectivity index (χ2v) is 4.86. The van der Waals surface area contributed by atoms with Crippen molar-refractivity contribution in [2.24, 2.45) is 0 Å². The Hall–Kier alpha value is -1.34. The summed E-state index contributed by atoms with van der Waals surface area (Å²) in [5.41, 5.74) is 2.56. The number of rotatable bonds is 6. The van der Waals surface area contributed by atoms with E-state index in [4.69, 9.17) is 15.9 Å². The highest BCUT2D eigenvalue weighted by Gasteiger charge is 2.17. The molecule has 0 aliphatic carbocycles. The summed E-state index contributed by atoms with van der Waals surface area (Å²) in [6.45, 7) is 5.92. The van der Waals surface area contributed by atoms with Gasteiger partial charge < -0.3 is 9.47 Å². The van der Waals surface area contributed by atoms with Gasteiger partial charge in [0.05, 0.1) is 19.8 Å². The zero-order valence-corrected chi connectivity index (χ0v) is 11.5. The molecule has 1 saturated heterocycles. The molecule has 0 saturated carbocycles. The van der Waals surface area contributed by atoms with Gasteiger partial charge in [0.15, 0.2) is 6.29 Å². The molecule has 1 aromatic carbocycles. The van der Waals surface area contributed by atoms with Gasteiger partial charge in [0, 0.05) is 19.5 Å². The highest BCUT2D eigenvalue weighted by molar-refractivity contribution is 5.21. The van der Waals surface area contributed by atoms with Crippen LogP contribution in [-0.4, -0.2) is 37.5 Å². The minimum atomic E-state index is -0.0571. The van der Waals surface area contributed by atoms with Gasteiger partial charge in [-0.3, -0.25) is 4.90 Å². The summed E-state index contributed by atoms with van der Waals surface area (Å²) in [7, 11) is 0. The zero-order chi connectivity index (χ0) is 13.5. The number of nitrogens with zero attached hydrogens (tertiary/aromatic N) is 1. The SMILES string of the molecule is C#CCN(CCC1OCCO1)Cc1ccc(C)cc1. The quantitative estimate of drug-likeness (QED) is 0.731. The molecule has 0 aromatic heterocycles. The van der Waals surface area contributed by atoms with Crippen molar-refractivity contribution >= 4 is 0 Å². The highest BCUT2D eigenvalue weighted by atomic mass is 16.7. The molecule has 1 aliphatic rings. The van der Waals surface area contributed by atoms with E-state index in [-0.39, 0.29) is 6.29 Å². The van der Waals surface area contributed by atoms with E-state index in [1.165, 1.54) is 11.1 Å². The summed E-state index contributed by atoms with van der Waals surface area (Å²) in [4.78, 5) is 2.25. The van der Waals surface area contributed by atoms with E-state index in [0.29, 0.717) is 19.8 Å². The van der Waals surface area contributed by atoms with Gasteiger partial charge in [0.1, 0.15) is 0 Å². The average Bonchev–Trinajstić information content (AvgIpc) is 2.92. The van der Waals surface area contributed by atoms with Gasteiger partial charge in [0.25, 0.3) is 0 Å². The number of aryl methyl sites for hydroxylation is 1. The number of ether oxygens (including phenoxy) is 2. The summed E-state index contributed by atoms with van der Waals surface area (Å²) in [5, 5.41) is 0. The molecule has 1 aromatic rings. The maximum atomic E-state index is 5.45. The lowest BCUT2D eigenvalue weighted by Crippen LogP contribution is -2.27. The third-order valence-corrected chi connectivity index (χ3v) is 3.21. The van der Waals surface area contributed by atoms with Crippen molar-refractivity contribution in [1.82, 2.24) is 4.90 Å². The molecule has 1 fully saturated rings. The third kappa shape index (κ3) is 4.68. The van der Waals surface area contributed by atoms with Gasteiger partial charge in [-0.1, -0.05) is 35.7 Å². The van der Waals surface area contributed by atoms with Crippen LogP contribution in [-0.2, 0) is 16.0 Å². The molecule has 0 radical (unpaired) electrons. The van der Waals surface area contributed by atoms with E-state index in [2.05, 4.69) is 42.0 Å². The molecule has 1 heterocycles. The Kier molecular flexibility index (Phi) is 5.41. The number of hydrogen-bond donors (Lipinski definition) is 0. The van der Waals surface area contributed by atoms with Crippen molar-refractivity contribution in [2.75, 3.05) is 26.3 Å². The van der Waals surface area contributed by atoms with Gasteiger partial charge >= 0.3 is 0 Å². The number of benzene rings is 1. The third-order valence-electron chi connectivity index (χ3n) is 3.21. The molecule has 0 atom stereocenters. The molecule has 0 amide bonds. The van der Waals surface area contributed by atoms with Gasteiger partial charge in [0.2, 0.25) is 0 Å². The van der Waals surface area contributed by atoms with Crippen LogP contribution in [0.4, 0.5) is 0 Å². The van der Waals surface area contributed by atoms with Gasteiger partial charge in [-0.05, 0) is 12.5 Å². The van der Waals surface area contributed by atoms with Crippen molar-refractivity contribution in [2.45, 2.75) is 26.2 Å². The van der Waals surface area contributed by atoms with Gasteiger partial charge in [-0.25, -0.2) is 0 Å². The van der Waals surface area contributed by atoms with E-state index >= 15 is 0 Å². The van der Waals surface area contributed by atoms with Crippen LogP contribution in [0, 0.1) is 19.3 Å². The summed E-state index contributed by atoms with van der Waals surface area (Å²) < 4.78 is 10.9. The molecule has 0 bridgehead atoms. The molecule has 3 nitrogen and oxygen atoms in total. The van der Waals surface area contributed by atoms with Crippen LogP contribution in [0.25, 0.3) is 0 Å². The normalized spacial score (nSPS) is 15.8. The first-order valence-electron chi connectivity index (χ1n) is 6.72. The Labute approximate surface area is 115 Å². The van der Waals surface area contributed by atoms with Crippen LogP contribution < -0.4 is 0 Å². The first-order chi connectivity index (χ1) is 9.28. The second-order valence-electron chi connectivity index (χ2n) is 4.86. The topological polar surface area (TPSA) is 21.7 Å². The smallest absolute Gasteiger partial charge is 0.159 e. The Balaban J connectivity index is 1.84. The molecular formula is C16H21NO2. The summed E-state index contributed by atoms with van der Waals surface area (Å²) >= 11 is 0. The van der Waals surface area contributed by atoms with Crippen LogP contribution >= 0.6 is 0 Å². The maximum Gasteiger partial charge on any atom is 0.159 e. The summed E-state index contributed by atoms with van der Waals surface area (Å²) in [6, 6.07) is 8.57. The van der Waals surface area contributed by atoms with Gasteiger partial charge in [-0.15, -0.1) is 6.42 Å². The first-order valence-corrected chi connectivity index (χ1v) is 6.72. The fourth-order valence-electron chi connectivity index (χ4n) is 2.16. The monoisotopic (exact) mass is 259 g/mol. The van der Waals surface area contributed by atoms with Crippen molar-refractivity contribution < 1.29 is 9.47 Å². The van der Waals surface area contributed by atoms with E-state index in [9.17, 15) is 0 Å². The van der Waals surface area contributed by atoms with Gasteiger partial charge in [-0.2, -0.15) is 0 Å². The Morgan fingerprint density at radius 1 is 1.26 bits per heavy atom. The van der Waals surface area contributed by atoms with Crippen molar-refractivity contribution in [3.63, 3.8) is 0 Å². The van der Waals surface area contributed by atoms with Crippen LogP contribution in [0.3, 0.4) is 0 Å². The molecule has 102 valence electrons. The lowest BCUT2D eigenvalue weighted by Gasteiger charge is -2.21. The van der Waals surface area contributed by atoms with Crippen LogP contribution in [0.5, 0.6) is 0 Å². The largest absolute Gasteiger partial charge is 0.350 e. The highest BCUT2D eigenvalue weighted by Crippen LogP contribution is 2.11. The van der Waals surface area contributed by atoms with E-state index in [1.54, 1.807) is 0 Å². The van der Waals surface area contributed by atoms with E-state index in [0.717, 1.165) is 19.5 Å². The van der Waals surface area contributed by atoms with Crippen molar-refractivity contribution in [1.29, 1.82) is 0 Å². The minimum Gasteiger partial charge on any atom is -0.350 e. The molecule has 1 aliphatic heterocycles. The predicted molar refractivity (Wildman–Crippen MR) is 75.6 cm³/mol. The standard InChI is InChI=1S/C16H21NO2/c1-3-9-17(10-8-16-18-11-12-19-16)13-15-6-4-14(2)5-7-15/h1,4-7,16H,8-13H2,2H3. The van der Waals surface area contributed by atoms with E-state index in [1.807, 2.05) is 0 Å². The van der Waals surface area contributed by atoms with E-state index < -0.39 is 0 Å². The summed E-state index contributed by atoms with van der Waals surface area (Å²) in [6.07, 6.45) is 6.25. The maximum absolute atomic E-state index is 5.45. The fraction of sp³-hybridized carbons (Fsp3) is 0.500. The lowest BCUT2D eigenvalue weighted by atomic mass is 10.1. The minimum absolute atomic E-state index is 0.0571. The van der Waals surface area contributed by atoms with Crippen LogP contribution in [0.2, 0.25) is 0 Å². The molecule has 3 heteroatoms. The van der Waals surface area contributed by atoms with Crippen molar-refractivity contribution in [3.05, 3.63) is 35.4 Å². The fourth-order valence-corrected chi connectivity index (χ4v) is 2.16. The Morgan fingerprint density at radius 2 is 1.95 bits per heavy atom. The molecular weight excluding hydrogens is 238 g/mol. The number of hydrogen-bond acceptors (Lipinski definition) is 3. The molecule has 19 heavy (non-hydrogen) atoms. The Morgan fingerprint density at radius 3 is 2.58 bits per heavy atom. The molecule has 0 N–H and O–H groups in total. The van der Waals surface area contributed by atoms with Crippen LogP contribution in [0.15, 0.2) is 24.3 Å². The van der Waals surface area contributed by atoms with Crippen LogP contribution in [0.1, 0.15) is 17.5 Å². The average molecular weight is 259 g/mol.